The van der Waals surface area contributed by atoms with Crippen LogP contribution >= 0.6 is 15.9 Å². The lowest BCUT2D eigenvalue weighted by molar-refractivity contribution is 0.102. The van der Waals surface area contributed by atoms with E-state index in [4.69, 9.17) is 0 Å². The maximum Gasteiger partial charge on any atom is 0.274 e. The lowest BCUT2D eigenvalue weighted by Crippen LogP contribution is -2.14. The summed E-state index contributed by atoms with van der Waals surface area (Å²) in [5, 5.41) is 2.61. The van der Waals surface area contributed by atoms with Gasteiger partial charge < -0.3 is 5.32 Å². The van der Waals surface area contributed by atoms with E-state index in [1.807, 2.05) is 0 Å². The molecular weight excluding hydrogens is 344 g/mol. The van der Waals surface area contributed by atoms with Gasteiger partial charge in [-0.15, -0.1) is 0 Å². The normalized spacial score (nSPS) is 11.1. The second kappa shape index (κ2) is 5.72. The molecule has 7 heteroatoms. The van der Waals surface area contributed by atoms with E-state index in [9.17, 15) is 13.2 Å². The molecule has 0 bridgehead atoms. The maximum absolute atomic E-state index is 12.0. The third-order valence-electron chi connectivity index (χ3n) is 2.47. The quantitative estimate of drug-likeness (QED) is 0.859. The molecule has 0 aliphatic heterocycles. The summed E-state index contributed by atoms with van der Waals surface area (Å²) < 4.78 is 23.5. The van der Waals surface area contributed by atoms with E-state index >= 15 is 0 Å². The van der Waals surface area contributed by atoms with Gasteiger partial charge in [0.2, 0.25) is 0 Å². The van der Waals surface area contributed by atoms with Gasteiger partial charge in [0.25, 0.3) is 5.91 Å². The standard InChI is InChI=1S/C13H11BrN2O3S/c1-20(18,19)10-5-2-4-9(8-10)15-13(17)11-6-3-7-12(14)16-11/h2-8H,1H3,(H,15,17). The van der Waals surface area contributed by atoms with Crippen LogP contribution in [0, 0.1) is 0 Å². The molecule has 5 nitrogen and oxygen atoms in total. The van der Waals surface area contributed by atoms with E-state index in [-0.39, 0.29) is 10.6 Å². The fourth-order valence-electron chi connectivity index (χ4n) is 1.53. The van der Waals surface area contributed by atoms with E-state index in [0.29, 0.717) is 10.3 Å². The minimum absolute atomic E-state index is 0.150. The zero-order valence-corrected chi connectivity index (χ0v) is 12.9. The Labute approximate surface area is 125 Å². The molecule has 0 unspecified atom stereocenters. The van der Waals surface area contributed by atoms with Gasteiger partial charge in [0.1, 0.15) is 10.3 Å². The Morgan fingerprint density at radius 2 is 1.90 bits per heavy atom. The Bertz CT molecular complexity index is 760. The van der Waals surface area contributed by atoms with Crippen LogP contribution < -0.4 is 5.32 Å². The van der Waals surface area contributed by atoms with Crippen LogP contribution in [0.1, 0.15) is 10.5 Å². The molecule has 0 radical (unpaired) electrons. The topological polar surface area (TPSA) is 76.1 Å². The van der Waals surface area contributed by atoms with Crippen molar-refractivity contribution < 1.29 is 13.2 Å². The monoisotopic (exact) mass is 354 g/mol. The van der Waals surface area contributed by atoms with Crippen molar-refractivity contribution in [2.75, 3.05) is 11.6 Å². The lowest BCUT2D eigenvalue weighted by atomic mass is 10.3. The van der Waals surface area contributed by atoms with Crippen molar-refractivity contribution in [3.8, 4) is 0 Å². The molecule has 2 aromatic rings. The summed E-state index contributed by atoms with van der Waals surface area (Å²) in [7, 11) is -3.31. The maximum atomic E-state index is 12.0. The van der Waals surface area contributed by atoms with Crippen molar-refractivity contribution in [3.05, 3.63) is 52.8 Å². The van der Waals surface area contributed by atoms with Gasteiger partial charge in [-0.3, -0.25) is 4.79 Å². The smallest absolute Gasteiger partial charge is 0.274 e. The molecule has 1 aromatic heterocycles. The van der Waals surface area contributed by atoms with Crippen molar-refractivity contribution in [1.82, 2.24) is 4.98 Å². The fraction of sp³-hybridized carbons (Fsp3) is 0.0769. The summed E-state index contributed by atoms with van der Waals surface area (Å²) >= 11 is 3.18. The van der Waals surface area contributed by atoms with Crippen LogP contribution in [-0.2, 0) is 9.84 Å². The second-order valence-electron chi connectivity index (χ2n) is 4.10. The zero-order chi connectivity index (χ0) is 14.8. The van der Waals surface area contributed by atoms with Crippen LogP contribution in [0.25, 0.3) is 0 Å². The van der Waals surface area contributed by atoms with Crippen molar-refractivity contribution in [2.45, 2.75) is 4.90 Å². The molecule has 2 rings (SSSR count). The lowest BCUT2D eigenvalue weighted by Gasteiger charge is -2.06. The number of benzene rings is 1. The third kappa shape index (κ3) is 3.64. The number of hydrogen-bond donors (Lipinski definition) is 1. The first-order valence-electron chi connectivity index (χ1n) is 5.60. The molecule has 20 heavy (non-hydrogen) atoms. The zero-order valence-electron chi connectivity index (χ0n) is 10.5. The highest BCUT2D eigenvalue weighted by Gasteiger charge is 2.11. The number of halogens is 1. The summed E-state index contributed by atoms with van der Waals surface area (Å²) in [5.74, 6) is -0.406. The van der Waals surface area contributed by atoms with Crippen LogP contribution in [0.3, 0.4) is 0 Å². The summed E-state index contributed by atoms with van der Waals surface area (Å²) in [4.78, 5) is 16.2. The van der Waals surface area contributed by atoms with E-state index in [2.05, 4.69) is 26.2 Å². The number of aromatic nitrogens is 1. The summed E-state index contributed by atoms with van der Waals surface area (Å²) in [5.41, 5.74) is 0.642. The minimum Gasteiger partial charge on any atom is -0.321 e. The highest BCUT2D eigenvalue weighted by Crippen LogP contribution is 2.16. The van der Waals surface area contributed by atoms with Crippen molar-refractivity contribution in [3.63, 3.8) is 0 Å². The molecule has 0 saturated carbocycles. The molecule has 1 N–H and O–H groups in total. The van der Waals surface area contributed by atoms with Crippen LogP contribution in [-0.4, -0.2) is 25.6 Å². The Kier molecular flexibility index (Phi) is 4.20. The van der Waals surface area contributed by atoms with Gasteiger partial charge in [-0.25, -0.2) is 13.4 Å². The molecule has 0 aliphatic rings. The first kappa shape index (κ1) is 14.7. The molecule has 1 heterocycles. The predicted octanol–water partition coefficient (Wildman–Crippen LogP) is 2.50. The second-order valence-corrected chi connectivity index (χ2v) is 6.93. The number of nitrogens with one attached hydrogen (secondary N) is 1. The number of hydrogen-bond acceptors (Lipinski definition) is 4. The third-order valence-corrected chi connectivity index (χ3v) is 4.02. The largest absolute Gasteiger partial charge is 0.321 e. The van der Waals surface area contributed by atoms with Gasteiger partial charge in [-0.1, -0.05) is 12.1 Å². The number of amides is 1. The van der Waals surface area contributed by atoms with Gasteiger partial charge in [0.05, 0.1) is 4.90 Å². The molecule has 1 aromatic carbocycles. The molecule has 0 atom stereocenters. The van der Waals surface area contributed by atoms with E-state index in [1.54, 1.807) is 30.3 Å². The SMILES string of the molecule is CS(=O)(=O)c1cccc(NC(=O)c2cccc(Br)n2)c1. The highest BCUT2D eigenvalue weighted by molar-refractivity contribution is 9.10. The Morgan fingerprint density at radius 3 is 2.55 bits per heavy atom. The number of carbonyl (C=O) groups excluding carboxylic acids is 1. The molecule has 104 valence electrons. The summed E-state index contributed by atoms with van der Waals surface area (Å²) in [6, 6.07) is 11.0. The Hall–Kier alpha value is -1.73. The number of carbonyl (C=O) groups is 1. The van der Waals surface area contributed by atoms with Crippen molar-refractivity contribution >= 4 is 37.4 Å². The van der Waals surface area contributed by atoms with Crippen LogP contribution in [0.5, 0.6) is 0 Å². The van der Waals surface area contributed by atoms with E-state index in [0.717, 1.165) is 6.26 Å². The fourth-order valence-corrected chi connectivity index (χ4v) is 2.54. The number of anilines is 1. The number of pyridine rings is 1. The van der Waals surface area contributed by atoms with Crippen LogP contribution in [0.4, 0.5) is 5.69 Å². The number of sulfone groups is 1. The predicted molar refractivity (Wildman–Crippen MR) is 79.4 cm³/mol. The molecule has 0 saturated heterocycles. The summed E-state index contributed by atoms with van der Waals surface area (Å²) in [6.45, 7) is 0. The van der Waals surface area contributed by atoms with E-state index < -0.39 is 15.7 Å². The molecule has 0 fully saturated rings. The first-order chi connectivity index (χ1) is 9.36. The summed E-state index contributed by atoms with van der Waals surface area (Å²) in [6.07, 6.45) is 1.11. The van der Waals surface area contributed by atoms with Crippen molar-refractivity contribution in [2.24, 2.45) is 0 Å². The average Bonchev–Trinajstić information content (AvgIpc) is 2.38. The van der Waals surface area contributed by atoms with Gasteiger partial charge in [-0.2, -0.15) is 0 Å². The van der Waals surface area contributed by atoms with Gasteiger partial charge in [0.15, 0.2) is 9.84 Å². The van der Waals surface area contributed by atoms with Crippen LogP contribution in [0.15, 0.2) is 52.0 Å². The Morgan fingerprint density at radius 1 is 1.20 bits per heavy atom. The average molecular weight is 355 g/mol. The minimum atomic E-state index is -3.31. The number of rotatable bonds is 3. The molecule has 0 spiro atoms. The van der Waals surface area contributed by atoms with Crippen molar-refractivity contribution in [1.29, 1.82) is 0 Å². The van der Waals surface area contributed by atoms with Crippen LogP contribution in [0.2, 0.25) is 0 Å². The van der Waals surface area contributed by atoms with Gasteiger partial charge >= 0.3 is 0 Å². The Balaban J connectivity index is 2.25. The molecule has 0 aliphatic carbocycles. The van der Waals surface area contributed by atoms with Gasteiger partial charge in [0, 0.05) is 11.9 Å². The first-order valence-corrected chi connectivity index (χ1v) is 8.29. The van der Waals surface area contributed by atoms with Gasteiger partial charge in [-0.05, 0) is 46.3 Å². The molecular formula is C13H11BrN2O3S. The number of nitrogens with zero attached hydrogens (tertiary/aromatic N) is 1. The van der Waals surface area contributed by atoms with E-state index in [1.165, 1.54) is 12.1 Å². The highest BCUT2D eigenvalue weighted by atomic mass is 79.9. The molecule has 1 amide bonds.